The number of hydrogen-bond donors (Lipinski definition) is 1. The van der Waals surface area contributed by atoms with E-state index in [1.807, 2.05) is 20.8 Å². The number of carboxylic acid groups (broad SMARTS) is 1. The summed E-state index contributed by atoms with van der Waals surface area (Å²) < 4.78 is 5.25. The number of amides is 1. The van der Waals surface area contributed by atoms with Gasteiger partial charge in [0, 0.05) is 27.2 Å². The fourth-order valence-electron chi connectivity index (χ4n) is 1.85. The number of carboxylic acids is 1. The molecular formula is C15H28N2O4. The van der Waals surface area contributed by atoms with Crippen LogP contribution in [0.4, 0.5) is 4.79 Å². The van der Waals surface area contributed by atoms with Crippen molar-refractivity contribution in [3.05, 3.63) is 11.3 Å². The Morgan fingerprint density at radius 1 is 1.05 bits per heavy atom. The molecule has 0 unspecified atom stereocenters. The number of aliphatic carboxylic acids is 1. The summed E-state index contributed by atoms with van der Waals surface area (Å²) >= 11 is 0. The van der Waals surface area contributed by atoms with Crippen molar-refractivity contribution < 1.29 is 19.4 Å². The Kier molecular flexibility index (Phi) is 7.26. The van der Waals surface area contributed by atoms with E-state index in [9.17, 15) is 9.59 Å². The number of ether oxygens (including phenoxy) is 1. The molecule has 122 valence electrons. The number of allylic oxidation sites excluding steroid dienone is 1. The fourth-order valence-corrected chi connectivity index (χ4v) is 1.85. The summed E-state index contributed by atoms with van der Waals surface area (Å²) in [6, 6.07) is 0. The first-order chi connectivity index (χ1) is 9.45. The number of nitrogens with zero attached hydrogens (tertiary/aromatic N) is 2. The van der Waals surface area contributed by atoms with Gasteiger partial charge in [-0.25, -0.2) is 9.59 Å². The lowest BCUT2D eigenvalue weighted by atomic mass is 10.2. The van der Waals surface area contributed by atoms with E-state index in [-0.39, 0.29) is 6.09 Å². The highest BCUT2D eigenvalue weighted by molar-refractivity contribution is 5.86. The van der Waals surface area contributed by atoms with E-state index < -0.39 is 11.6 Å². The Morgan fingerprint density at radius 2 is 1.52 bits per heavy atom. The zero-order valence-electron chi connectivity index (χ0n) is 14.2. The van der Waals surface area contributed by atoms with E-state index in [4.69, 9.17) is 9.84 Å². The lowest BCUT2D eigenvalue weighted by Gasteiger charge is -2.26. The van der Waals surface area contributed by atoms with E-state index in [2.05, 4.69) is 0 Å². The van der Waals surface area contributed by atoms with Crippen LogP contribution < -0.4 is 0 Å². The van der Waals surface area contributed by atoms with Crippen LogP contribution in [0.3, 0.4) is 0 Å². The van der Waals surface area contributed by atoms with Crippen molar-refractivity contribution in [2.75, 3.05) is 27.2 Å². The molecule has 0 aromatic carbocycles. The number of carbonyl (C=O) groups excluding carboxylic acids is 1. The Hall–Kier alpha value is -1.72. The molecule has 0 spiro atoms. The summed E-state index contributed by atoms with van der Waals surface area (Å²) in [5.41, 5.74) is 0.543. The van der Waals surface area contributed by atoms with E-state index in [1.54, 1.807) is 32.8 Å². The molecule has 0 saturated carbocycles. The Morgan fingerprint density at radius 3 is 1.90 bits per heavy atom. The molecule has 21 heavy (non-hydrogen) atoms. The van der Waals surface area contributed by atoms with E-state index >= 15 is 0 Å². The second kappa shape index (κ2) is 7.90. The average Bonchev–Trinajstić information content (AvgIpc) is 2.25. The number of hydrogen-bond acceptors (Lipinski definition) is 4. The Labute approximate surface area is 127 Å². The molecule has 0 atom stereocenters. The van der Waals surface area contributed by atoms with Crippen LogP contribution >= 0.6 is 0 Å². The molecule has 0 aliphatic rings. The zero-order valence-corrected chi connectivity index (χ0v) is 14.2. The molecule has 0 saturated heterocycles. The topological polar surface area (TPSA) is 70.1 Å². The minimum Gasteiger partial charge on any atom is -0.477 e. The lowest BCUT2D eigenvalue weighted by Crippen LogP contribution is -2.36. The van der Waals surface area contributed by atoms with Crippen LogP contribution in [0.1, 0.15) is 41.0 Å². The summed E-state index contributed by atoms with van der Waals surface area (Å²) in [4.78, 5) is 26.1. The molecule has 0 radical (unpaired) electrons. The minimum atomic E-state index is -0.932. The second-order valence-electron chi connectivity index (χ2n) is 6.33. The van der Waals surface area contributed by atoms with Crippen LogP contribution in [0.25, 0.3) is 0 Å². The molecule has 0 heterocycles. The van der Waals surface area contributed by atoms with Crippen molar-refractivity contribution >= 4 is 12.1 Å². The molecule has 6 nitrogen and oxygen atoms in total. The van der Waals surface area contributed by atoms with Crippen molar-refractivity contribution in [1.82, 2.24) is 9.80 Å². The maximum absolute atomic E-state index is 11.8. The first kappa shape index (κ1) is 19.3. The molecule has 0 rings (SSSR count). The van der Waals surface area contributed by atoms with E-state index in [0.29, 0.717) is 25.2 Å². The Bertz CT molecular complexity index is 406. The van der Waals surface area contributed by atoms with Gasteiger partial charge in [-0.2, -0.15) is 0 Å². The lowest BCUT2D eigenvalue weighted by molar-refractivity contribution is -0.134. The number of likely N-dealkylation sites (N-methyl/N-ethyl adjacent to an activating group) is 1. The van der Waals surface area contributed by atoms with Gasteiger partial charge < -0.3 is 19.6 Å². The molecule has 6 heteroatoms. The fraction of sp³-hybridized carbons (Fsp3) is 0.733. The molecule has 0 bridgehead atoms. The first-order valence-corrected chi connectivity index (χ1v) is 7.01. The van der Waals surface area contributed by atoms with Crippen molar-refractivity contribution in [2.45, 2.75) is 46.6 Å². The van der Waals surface area contributed by atoms with Gasteiger partial charge in [-0.15, -0.1) is 0 Å². The van der Waals surface area contributed by atoms with Crippen molar-refractivity contribution in [3.8, 4) is 0 Å². The minimum absolute atomic E-state index is 0.301. The molecule has 0 aliphatic carbocycles. The SMILES string of the molecule is CC(C)=C(C(=O)O)N(C)CCCN(C)C(=O)OC(C)(C)C. The van der Waals surface area contributed by atoms with Gasteiger partial charge >= 0.3 is 12.1 Å². The monoisotopic (exact) mass is 300 g/mol. The molecule has 1 N–H and O–H groups in total. The van der Waals surface area contributed by atoms with Crippen LogP contribution in [0.2, 0.25) is 0 Å². The van der Waals surface area contributed by atoms with Crippen molar-refractivity contribution in [1.29, 1.82) is 0 Å². The van der Waals surface area contributed by atoms with E-state index in [0.717, 1.165) is 5.57 Å². The third kappa shape index (κ3) is 7.58. The van der Waals surface area contributed by atoms with Gasteiger partial charge in [0.2, 0.25) is 0 Å². The molecule has 0 aromatic heterocycles. The van der Waals surface area contributed by atoms with Gasteiger partial charge in [-0.1, -0.05) is 0 Å². The highest BCUT2D eigenvalue weighted by atomic mass is 16.6. The zero-order chi connectivity index (χ0) is 16.8. The second-order valence-corrected chi connectivity index (χ2v) is 6.33. The standard InChI is InChI=1S/C15H28N2O4/c1-11(2)12(13(18)19)16(6)9-8-10-17(7)14(20)21-15(3,4)5/h8-10H2,1-7H3,(H,18,19). The number of rotatable bonds is 6. The van der Waals surface area contributed by atoms with Gasteiger partial charge in [0.25, 0.3) is 0 Å². The van der Waals surface area contributed by atoms with E-state index in [1.165, 1.54) is 4.90 Å². The highest BCUT2D eigenvalue weighted by Crippen LogP contribution is 2.11. The average molecular weight is 300 g/mol. The van der Waals surface area contributed by atoms with Crippen LogP contribution in [-0.2, 0) is 9.53 Å². The van der Waals surface area contributed by atoms with Crippen LogP contribution in [0, 0.1) is 0 Å². The van der Waals surface area contributed by atoms with Gasteiger partial charge in [-0.05, 0) is 46.6 Å². The largest absolute Gasteiger partial charge is 0.477 e. The summed E-state index contributed by atoms with van der Waals surface area (Å²) in [5, 5.41) is 9.15. The highest BCUT2D eigenvalue weighted by Gasteiger charge is 2.20. The normalized spacial score (nSPS) is 10.8. The third-order valence-corrected chi connectivity index (χ3v) is 2.75. The van der Waals surface area contributed by atoms with Crippen LogP contribution in [0.5, 0.6) is 0 Å². The molecular weight excluding hydrogens is 272 g/mol. The maximum atomic E-state index is 11.8. The van der Waals surface area contributed by atoms with Gasteiger partial charge in [-0.3, -0.25) is 0 Å². The summed E-state index contributed by atoms with van der Waals surface area (Å²) in [6.45, 7) is 10.1. The van der Waals surface area contributed by atoms with Crippen LogP contribution in [-0.4, -0.2) is 59.8 Å². The molecule has 1 amide bonds. The first-order valence-electron chi connectivity index (χ1n) is 7.01. The molecule has 0 aliphatic heterocycles. The predicted molar refractivity (Wildman–Crippen MR) is 82.1 cm³/mol. The quantitative estimate of drug-likeness (QED) is 0.763. The van der Waals surface area contributed by atoms with Gasteiger partial charge in [0.15, 0.2) is 0 Å². The number of carbonyl (C=O) groups is 2. The van der Waals surface area contributed by atoms with Crippen molar-refractivity contribution in [3.63, 3.8) is 0 Å². The van der Waals surface area contributed by atoms with Gasteiger partial charge in [0.05, 0.1) is 0 Å². The summed E-state index contributed by atoms with van der Waals surface area (Å²) in [6.07, 6.45) is 0.293. The smallest absolute Gasteiger partial charge is 0.410 e. The molecule has 0 aromatic rings. The molecule has 0 fully saturated rings. The predicted octanol–water partition coefficient (Wildman–Crippen LogP) is 2.55. The third-order valence-electron chi connectivity index (χ3n) is 2.75. The summed E-state index contributed by atoms with van der Waals surface area (Å²) in [7, 11) is 3.41. The Balaban J connectivity index is 4.35. The van der Waals surface area contributed by atoms with Gasteiger partial charge in [0.1, 0.15) is 11.3 Å². The summed E-state index contributed by atoms with van der Waals surface area (Å²) in [5.74, 6) is -0.932. The maximum Gasteiger partial charge on any atom is 0.410 e. The van der Waals surface area contributed by atoms with Crippen molar-refractivity contribution in [2.24, 2.45) is 0 Å². The van der Waals surface area contributed by atoms with Crippen LogP contribution in [0.15, 0.2) is 11.3 Å².